The van der Waals surface area contributed by atoms with Gasteiger partial charge in [0.2, 0.25) is 0 Å². The summed E-state index contributed by atoms with van der Waals surface area (Å²) in [7, 11) is 1.24. The van der Waals surface area contributed by atoms with Crippen LogP contribution in [0, 0.1) is 0 Å². The van der Waals surface area contributed by atoms with Gasteiger partial charge < -0.3 is 20.5 Å². The van der Waals surface area contributed by atoms with Gasteiger partial charge in [-0.2, -0.15) is 0 Å². The van der Waals surface area contributed by atoms with Gasteiger partial charge in [0.05, 0.1) is 13.5 Å². The number of carbonyl (C=O) groups excluding carboxylic acids is 3. The molecule has 0 heterocycles. The van der Waals surface area contributed by atoms with Crippen LogP contribution in [0.4, 0.5) is 5.69 Å². The van der Waals surface area contributed by atoms with Gasteiger partial charge in [-0.1, -0.05) is 24.3 Å². The molecular formula is C16H16N2O5. The minimum Gasteiger partial charge on any atom is -0.507 e. The van der Waals surface area contributed by atoms with Gasteiger partial charge >= 0.3 is 17.8 Å². The number of aromatic hydroxyl groups is 1. The molecule has 0 unspecified atom stereocenters. The van der Waals surface area contributed by atoms with E-state index in [1.165, 1.54) is 13.2 Å². The number of benzene rings is 2. The Hall–Kier alpha value is -3.09. The molecule has 0 fully saturated rings. The minimum atomic E-state index is -0.856. The number of methoxy groups -OCH3 is 1. The van der Waals surface area contributed by atoms with Crippen molar-refractivity contribution < 1.29 is 24.2 Å². The second-order valence-electron chi connectivity index (χ2n) is 4.71. The lowest BCUT2D eigenvalue weighted by atomic mass is 10.1. The zero-order valence-electron chi connectivity index (χ0n) is 12.5. The van der Waals surface area contributed by atoms with Gasteiger partial charge in [-0.05, 0) is 12.1 Å². The van der Waals surface area contributed by atoms with Crippen molar-refractivity contribution >= 4 is 34.2 Å². The van der Waals surface area contributed by atoms with E-state index in [1.54, 1.807) is 30.3 Å². The Morgan fingerprint density at radius 2 is 1.74 bits per heavy atom. The molecule has 0 atom stereocenters. The number of nitrogens with one attached hydrogen (secondary N) is 2. The van der Waals surface area contributed by atoms with Crippen LogP contribution in [0.25, 0.3) is 10.8 Å². The number of phenolic OH excluding ortho intramolecular Hbond substituents is 1. The van der Waals surface area contributed by atoms with Crippen LogP contribution in [0.1, 0.15) is 6.42 Å². The number of amides is 2. The highest BCUT2D eigenvalue weighted by Gasteiger charge is 2.15. The first-order valence-corrected chi connectivity index (χ1v) is 6.89. The predicted octanol–water partition coefficient (Wildman–Crippen LogP) is 1.16. The fourth-order valence-electron chi connectivity index (χ4n) is 2.04. The van der Waals surface area contributed by atoms with E-state index >= 15 is 0 Å². The molecule has 2 aromatic carbocycles. The van der Waals surface area contributed by atoms with Crippen LogP contribution in [0.3, 0.4) is 0 Å². The number of hydrogen-bond acceptors (Lipinski definition) is 5. The summed E-state index contributed by atoms with van der Waals surface area (Å²) in [4.78, 5) is 34.5. The molecular weight excluding hydrogens is 300 g/mol. The van der Waals surface area contributed by atoms with Crippen LogP contribution in [0.2, 0.25) is 0 Å². The lowest BCUT2D eigenvalue weighted by Crippen LogP contribution is -2.36. The summed E-state index contributed by atoms with van der Waals surface area (Å²) in [6, 6.07) is 9.89. The zero-order chi connectivity index (χ0) is 16.8. The smallest absolute Gasteiger partial charge is 0.313 e. The van der Waals surface area contributed by atoms with E-state index in [9.17, 15) is 19.5 Å². The SMILES string of the molecule is COC(=O)CCNC(=O)C(=O)Nc1cccc2c(O)cccc12. The molecule has 7 heteroatoms. The molecule has 7 nitrogen and oxygen atoms in total. The highest BCUT2D eigenvalue weighted by molar-refractivity contribution is 6.40. The molecule has 0 saturated carbocycles. The van der Waals surface area contributed by atoms with Gasteiger partial charge in [0, 0.05) is 23.0 Å². The Morgan fingerprint density at radius 3 is 2.48 bits per heavy atom. The normalized spacial score (nSPS) is 10.1. The van der Waals surface area contributed by atoms with Crippen molar-refractivity contribution in [2.75, 3.05) is 19.0 Å². The Balaban J connectivity index is 2.04. The molecule has 0 radical (unpaired) electrons. The number of hydrogen-bond donors (Lipinski definition) is 3. The molecule has 23 heavy (non-hydrogen) atoms. The van der Waals surface area contributed by atoms with Gasteiger partial charge in [-0.15, -0.1) is 0 Å². The summed E-state index contributed by atoms with van der Waals surface area (Å²) < 4.78 is 4.43. The number of rotatable bonds is 4. The number of ether oxygens (including phenoxy) is 1. The Labute approximate surface area is 132 Å². The van der Waals surface area contributed by atoms with E-state index in [4.69, 9.17) is 0 Å². The molecule has 0 aromatic heterocycles. The van der Waals surface area contributed by atoms with Gasteiger partial charge in [-0.3, -0.25) is 14.4 Å². The highest BCUT2D eigenvalue weighted by Crippen LogP contribution is 2.29. The van der Waals surface area contributed by atoms with Gasteiger partial charge in [0.25, 0.3) is 0 Å². The molecule has 0 aliphatic rings. The maximum atomic E-state index is 11.9. The van der Waals surface area contributed by atoms with E-state index in [0.717, 1.165) is 0 Å². The average Bonchev–Trinajstić information content (AvgIpc) is 2.55. The second kappa shape index (κ2) is 7.26. The lowest BCUT2D eigenvalue weighted by Gasteiger charge is -2.09. The van der Waals surface area contributed by atoms with E-state index in [1.807, 2.05) is 0 Å². The summed E-state index contributed by atoms with van der Waals surface area (Å²) in [5, 5.41) is 15.8. The Morgan fingerprint density at radius 1 is 1.04 bits per heavy atom. The maximum absolute atomic E-state index is 11.9. The van der Waals surface area contributed by atoms with E-state index in [2.05, 4.69) is 15.4 Å². The molecule has 0 aliphatic carbocycles. The summed E-state index contributed by atoms with van der Waals surface area (Å²) >= 11 is 0. The van der Waals surface area contributed by atoms with Gasteiger partial charge in [0.1, 0.15) is 5.75 Å². The van der Waals surface area contributed by atoms with Crippen molar-refractivity contribution in [3.63, 3.8) is 0 Å². The van der Waals surface area contributed by atoms with Crippen LogP contribution in [-0.4, -0.2) is 36.5 Å². The Bertz CT molecular complexity index is 757. The third kappa shape index (κ3) is 3.97. The average molecular weight is 316 g/mol. The first-order valence-electron chi connectivity index (χ1n) is 6.89. The third-order valence-corrected chi connectivity index (χ3v) is 3.20. The Kier molecular flexibility index (Phi) is 5.14. The van der Waals surface area contributed by atoms with E-state index in [0.29, 0.717) is 16.5 Å². The second-order valence-corrected chi connectivity index (χ2v) is 4.71. The topological polar surface area (TPSA) is 105 Å². The zero-order valence-corrected chi connectivity index (χ0v) is 12.5. The van der Waals surface area contributed by atoms with Crippen molar-refractivity contribution in [3.8, 4) is 5.75 Å². The summed E-state index contributed by atoms with van der Waals surface area (Å²) in [6.45, 7) is 0.00918. The standard InChI is InChI=1S/C16H16N2O5/c1-23-14(20)8-9-17-15(21)16(22)18-12-6-2-5-11-10(12)4-3-7-13(11)19/h2-7,19H,8-9H2,1H3,(H,17,21)(H,18,22). The quantitative estimate of drug-likeness (QED) is 0.580. The minimum absolute atomic E-state index is 0.00918. The van der Waals surface area contributed by atoms with E-state index < -0.39 is 17.8 Å². The lowest BCUT2D eigenvalue weighted by molar-refractivity contribution is -0.141. The van der Waals surface area contributed by atoms with E-state index in [-0.39, 0.29) is 18.7 Å². The number of esters is 1. The maximum Gasteiger partial charge on any atom is 0.313 e. The predicted molar refractivity (Wildman–Crippen MR) is 83.9 cm³/mol. The van der Waals surface area contributed by atoms with Gasteiger partial charge in [0.15, 0.2) is 0 Å². The molecule has 2 aromatic rings. The van der Waals surface area contributed by atoms with Crippen LogP contribution < -0.4 is 10.6 Å². The first kappa shape index (κ1) is 16.3. The molecule has 0 bridgehead atoms. The fourth-order valence-corrected chi connectivity index (χ4v) is 2.04. The summed E-state index contributed by atoms with van der Waals surface area (Å²) in [5.74, 6) is -2.10. The number of carbonyl (C=O) groups is 3. The van der Waals surface area contributed by atoms with Gasteiger partial charge in [-0.25, -0.2) is 0 Å². The number of phenols is 1. The molecule has 2 rings (SSSR count). The third-order valence-electron chi connectivity index (χ3n) is 3.20. The highest BCUT2D eigenvalue weighted by atomic mass is 16.5. The first-order chi connectivity index (χ1) is 11.0. The van der Waals surface area contributed by atoms with Crippen molar-refractivity contribution in [2.45, 2.75) is 6.42 Å². The van der Waals surface area contributed by atoms with Crippen molar-refractivity contribution in [3.05, 3.63) is 36.4 Å². The van der Waals surface area contributed by atoms with Crippen LogP contribution in [-0.2, 0) is 19.1 Å². The molecule has 3 N–H and O–H groups in total. The van der Waals surface area contributed by atoms with Crippen LogP contribution in [0.15, 0.2) is 36.4 Å². The molecule has 0 aliphatic heterocycles. The number of anilines is 1. The van der Waals surface area contributed by atoms with Crippen molar-refractivity contribution in [1.82, 2.24) is 5.32 Å². The van der Waals surface area contributed by atoms with Crippen LogP contribution in [0.5, 0.6) is 5.75 Å². The van der Waals surface area contributed by atoms with Crippen molar-refractivity contribution in [2.24, 2.45) is 0 Å². The molecule has 2 amide bonds. The number of fused-ring (bicyclic) bond motifs is 1. The molecule has 0 spiro atoms. The molecule has 120 valence electrons. The summed E-state index contributed by atoms with van der Waals surface area (Å²) in [6.07, 6.45) is -0.0162. The van der Waals surface area contributed by atoms with Crippen molar-refractivity contribution in [1.29, 1.82) is 0 Å². The largest absolute Gasteiger partial charge is 0.507 e. The fraction of sp³-hybridized carbons (Fsp3) is 0.188. The van der Waals surface area contributed by atoms with Crippen LogP contribution >= 0.6 is 0 Å². The monoisotopic (exact) mass is 316 g/mol. The molecule has 0 saturated heterocycles. The summed E-state index contributed by atoms with van der Waals surface area (Å²) in [5.41, 5.74) is 0.409.